The summed E-state index contributed by atoms with van der Waals surface area (Å²) in [6.07, 6.45) is 4.59. The third kappa shape index (κ3) is 11.4. The number of nitrogens with one attached hydrogen (secondary N) is 2. The van der Waals surface area contributed by atoms with Crippen molar-refractivity contribution in [2.24, 2.45) is 0 Å². The monoisotopic (exact) mass is 655 g/mol. The summed E-state index contributed by atoms with van der Waals surface area (Å²) in [6, 6.07) is 5.60. The highest BCUT2D eigenvalue weighted by Gasteiger charge is 2.18. The van der Waals surface area contributed by atoms with Gasteiger partial charge in [0.1, 0.15) is 23.4 Å². The first-order valence-corrected chi connectivity index (χ1v) is 15.9. The topological polar surface area (TPSA) is 217 Å². The summed E-state index contributed by atoms with van der Waals surface area (Å²) < 4.78 is 29.0. The number of nitrogens with two attached hydrogens (primary N) is 2. The molecule has 2 amide bonds. The van der Waals surface area contributed by atoms with Crippen LogP contribution in [0.1, 0.15) is 39.0 Å². The number of oxazole rings is 1. The van der Waals surface area contributed by atoms with Gasteiger partial charge in [0.15, 0.2) is 11.2 Å². The Hall–Kier alpha value is -4.38. The molecule has 4 rings (SSSR count). The SMILES string of the molecule is CCCC(=O)NCCOCCOCCOCCOCCC(=O)NCCCCn1nc(-c2ccc3oc(N)nc3c2)c2c(N)ncnc21. The Bertz CT molecular complexity index is 1560. The van der Waals surface area contributed by atoms with E-state index in [1.165, 1.54) is 6.33 Å². The van der Waals surface area contributed by atoms with Gasteiger partial charge < -0.3 is 45.5 Å². The number of fused-ring (bicyclic) bond motifs is 2. The van der Waals surface area contributed by atoms with E-state index in [0.29, 0.717) is 113 Å². The molecule has 0 unspecified atom stereocenters. The van der Waals surface area contributed by atoms with Gasteiger partial charge in [-0.05, 0) is 37.5 Å². The van der Waals surface area contributed by atoms with Crippen LogP contribution in [0.4, 0.5) is 11.8 Å². The quantitative estimate of drug-likeness (QED) is 0.0843. The molecule has 0 aliphatic rings. The molecule has 0 radical (unpaired) electrons. The fourth-order valence-corrected chi connectivity index (χ4v) is 4.69. The standard InChI is InChI=1S/C31H45N9O7/c1-2-5-25(41)35-10-13-44-15-17-46-19-18-45-16-14-43-12-8-26(42)34-9-3-4-11-40-30-27(29(32)36-21-37-30)28(39-40)22-6-7-24-23(20-22)38-31(33)47-24/h6-7,20-21H,2-5,8-19H2,1H3,(H2,33,38)(H,34,42)(H,35,41)(H2,32,36,37). The van der Waals surface area contributed by atoms with Crippen molar-refractivity contribution in [3.05, 3.63) is 24.5 Å². The Morgan fingerprint density at radius 1 is 0.851 bits per heavy atom. The summed E-state index contributed by atoms with van der Waals surface area (Å²) in [4.78, 5) is 36.3. The number of nitrogen functional groups attached to an aromatic ring is 2. The number of hydrogen-bond acceptors (Lipinski definition) is 13. The summed E-state index contributed by atoms with van der Waals surface area (Å²) in [5.74, 6) is 0.317. The van der Waals surface area contributed by atoms with Gasteiger partial charge in [0.05, 0.1) is 58.2 Å². The van der Waals surface area contributed by atoms with Crippen molar-refractivity contribution in [3.63, 3.8) is 0 Å². The maximum atomic E-state index is 12.2. The lowest BCUT2D eigenvalue weighted by Crippen LogP contribution is -2.27. The van der Waals surface area contributed by atoms with Crippen LogP contribution in [0.2, 0.25) is 0 Å². The van der Waals surface area contributed by atoms with E-state index in [2.05, 4.69) is 25.6 Å². The smallest absolute Gasteiger partial charge is 0.292 e. The second kappa shape index (κ2) is 19.3. The van der Waals surface area contributed by atoms with Gasteiger partial charge in [-0.15, -0.1) is 0 Å². The van der Waals surface area contributed by atoms with Crippen LogP contribution in [0.25, 0.3) is 33.4 Å². The number of ether oxygens (including phenoxy) is 4. The molecule has 0 fully saturated rings. The zero-order valence-corrected chi connectivity index (χ0v) is 26.9. The van der Waals surface area contributed by atoms with Gasteiger partial charge in [-0.2, -0.15) is 10.1 Å². The summed E-state index contributed by atoms with van der Waals surface area (Å²) in [7, 11) is 0. The fraction of sp³-hybridized carbons (Fsp3) is 0.548. The van der Waals surface area contributed by atoms with E-state index in [1.807, 2.05) is 23.7 Å². The number of nitrogens with zero attached hydrogens (tertiary/aromatic N) is 5. The van der Waals surface area contributed by atoms with Crippen LogP contribution in [0.3, 0.4) is 0 Å². The average molecular weight is 656 g/mol. The molecule has 0 aliphatic carbocycles. The molecule has 1 aromatic carbocycles. The van der Waals surface area contributed by atoms with Gasteiger partial charge >= 0.3 is 0 Å². The van der Waals surface area contributed by atoms with Crippen LogP contribution in [0, 0.1) is 0 Å². The summed E-state index contributed by atoms with van der Waals surface area (Å²) in [5.41, 5.74) is 15.2. The normalized spacial score (nSPS) is 11.4. The first-order valence-electron chi connectivity index (χ1n) is 15.9. The van der Waals surface area contributed by atoms with E-state index in [1.54, 1.807) is 6.07 Å². The molecule has 16 nitrogen and oxygen atoms in total. The number of aromatic nitrogens is 5. The lowest BCUT2D eigenvalue weighted by Gasteiger charge is -2.08. The molecule has 4 aromatic rings. The number of aryl methyl sites for hydroxylation is 1. The lowest BCUT2D eigenvalue weighted by atomic mass is 10.1. The number of anilines is 2. The molecule has 0 saturated heterocycles. The Balaban J connectivity index is 1.02. The van der Waals surface area contributed by atoms with Gasteiger partial charge in [0.2, 0.25) is 11.8 Å². The number of carbonyl (C=O) groups excluding carboxylic acids is 2. The minimum Gasteiger partial charge on any atom is -0.424 e. The number of carbonyl (C=O) groups is 2. The van der Waals surface area contributed by atoms with Crippen molar-refractivity contribution in [1.29, 1.82) is 0 Å². The number of unbranched alkanes of at least 4 members (excludes halogenated alkanes) is 1. The van der Waals surface area contributed by atoms with Crippen LogP contribution < -0.4 is 22.1 Å². The molecule has 3 aromatic heterocycles. The van der Waals surface area contributed by atoms with Gasteiger partial charge in [0.25, 0.3) is 6.01 Å². The zero-order chi connectivity index (χ0) is 33.3. The highest BCUT2D eigenvalue weighted by atomic mass is 16.6. The van der Waals surface area contributed by atoms with Crippen molar-refractivity contribution in [2.75, 3.05) is 77.4 Å². The first kappa shape index (κ1) is 35.5. The minimum absolute atomic E-state index is 0.0467. The van der Waals surface area contributed by atoms with Crippen molar-refractivity contribution >= 4 is 45.8 Å². The maximum Gasteiger partial charge on any atom is 0.292 e. The Morgan fingerprint density at radius 3 is 2.28 bits per heavy atom. The molecule has 256 valence electrons. The molecule has 6 N–H and O–H groups in total. The van der Waals surface area contributed by atoms with Crippen molar-refractivity contribution < 1.29 is 33.0 Å². The van der Waals surface area contributed by atoms with Gasteiger partial charge in [-0.1, -0.05) is 6.92 Å². The van der Waals surface area contributed by atoms with E-state index in [-0.39, 0.29) is 24.2 Å². The Morgan fingerprint density at radius 2 is 1.53 bits per heavy atom. The predicted molar refractivity (Wildman–Crippen MR) is 175 cm³/mol. The predicted octanol–water partition coefficient (Wildman–Crippen LogP) is 2.07. The van der Waals surface area contributed by atoms with Gasteiger partial charge in [-0.3, -0.25) is 9.59 Å². The third-order valence-electron chi connectivity index (χ3n) is 6.99. The molecular formula is C31H45N9O7. The van der Waals surface area contributed by atoms with E-state index in [9.17, 15) is 9.59 Å². The second-order valence-electron chi connectivity index (χ2n) is 10.6. The van der Waals surface area contributed by atoms with E-state index < -0.39 is 0 Å². The van der Waals surface area contributed by atoms with Gasteiger partial charge in [-0.25, -0.2) is 14.6 Å². The molecule has 0 bridgehead atoms. The molecule has 0 aliphatic heterocycles. The first-order chi connectivity index (χ1) is 23.0. The Labute approximate surface area is 272 Å². The molecule has 0 saturated carbocycles. The van der Waals surface area contributed by atoms with E-state index >= 15 is 0 Å². The summed E-state index contributed by atoms with van der Waals surface area (Å²) >= 11 is 0. The fourth-order valence-electron chi connectivity index (χ4n) is 4.69. The van der Waals surface area contributed by atoms with Crippen LogP contribution in [0.15, 0.2) is 28.9 Å². The largest absolute Gasteiger partial charge is 0.424 e. The molecule has 3 heterocycles. The molecular weight excluding hydrogens is 610 g/mol. The summed E-state index contributed by atoms with van der Waals surface area (Å²) in [5, 5.41) is 11.2. The lowest BCUT2D eigenvalue weighted by molar-refractivity contribution is -0.122. The molecule has 0 spiro atoms. The van der Waals surface area contributed by atoms with Crippen LogP contribution in [-0.2, 0) is 35.1 Å². The zero-order valence-electron chi connectivity index (χ0n) is 26.9. The van der Waals surface area contributed by atoms with Crippen molar-refractivity contribution in [2.45, 2.75) is 45.6 Å². The highest BCUT2D eigenvalue weighted by Crippen LogP contribution is 2.32. The van der Waals surface area contributed by atoms with Crippen LogP contribution >= 0.6 is 0 Å². The summed E-state index contributed by atoms with van der Waals surface area (Å²) in [6.45, 7) is 7.01. The van der Waals surface area contributed by atoms with E-state index in [4.69, 9.17) is 39.9 Å². The molecule has 47 heavy (non-hydrogen) atoms. The van der Waals surface area contributed by atoms with Gasteiger partial charge in [0, 0.05) is 38.0 Å². The number of hydrogen-bond donors (Lipinski definition) is 4. The number of rotatable bonds is 23. The average Bonchev–Trinajstić information content (AvgIpc) is 3.62. The van der Waals surface area contributed by atoms with Crippen LogP contribution in [-0.4, -0.2) is 102 Å². The highest BCUT2D eigenvalue weighted by molar-refractivity contribution is 5.99. The molecule has 16 heteroatoms. The maximum absolute atomic E-state index is 12.2. The molecule has 0 atom stereocenters. The number of benzene rings is 1. The number of amides is 2. The van der Waals surface area contributed by atoms with E-state index in [0.717, 1.165) is 24.8 Å². The third-order valence-corrected chi connectivity index (χ3v) is 6.99. The van der Waals surface area contributed by atoms with Crippen molar-refractivity contribution in [3.8, 4) is 11.3 Å². The van der Waals surface area contributed by atoms with Crippen molar-refractivity contribution in [1.82, 2.24) is 35.4 Å². The Kier molecular flexibility index (Phi) is 14.6. The minimum atomic E-state index is -0.0684. The van der Waals surface area contributed by atoms with Crippen LogP contribution in [0.5, 0.6) is 0 Å². The second-order valence-corrected chi connectivity index (χ2v) is 10.6.